The number of halogens is 3. The van der Waals surface area contributed by atoms with Crippen molar-refractivity contribution in [2.24, 2.45) is 5.92 Å². The van der Waals surface area contributed by atoms with Gasteiger partial charge in [0.1, 0.15) is 0 Å². The van der Waals surface area contributed by atoms with Crippen LogP contribution in [0.2, 0.25) is 15.1 Å². The van der Waals surface area contributed by atoms with Crippen LogP contribution in [0, 0.1) is 5.92 Å². The Kier molecular flexibility index (Phi) is 5.90. The average molecular weight is 399 g/mol. The summed E-state index contributed by atoms with van der Waals surface area (Å²) in [4.78, 5) is 14.6. The van der Waals surface area contributed by atoms with Crippen molar-refractivity contribution in [3.63, 3.8) is 0 Å². The van der Waals surface area contributed by atoms with Gasteiger partial charge in [-0.05, 0) is 54.7 Å². The van der Waals surface area contributed by atoms with Crippen molar-refractivity contribution in [1.82, 2.24) is 4.90 Å². The van der Waals surface area contributed by atoms with Gasteiger partial charge in [-0.25, -0.2) is 0 Å². The summed E-state index contributed by atoms with van der Waals surface area (Å²) >= 11 is 18.4. The summed E-state index contributed by atoms with van der Waals surface area (Å²) in [6, 6.07) is 10.6. The highest BCUT2D eigenvalue weighted by Crippen LogP contribution is 2.34. The maximum Gasteiger partial charge on any atom is 0.253 e. The van der Waals surface area contributed by atoms with Crippen LogP contribution in [0.25, 0.3) is 11.1 Å². The van der Waals surface area contributed by atoms with E-state index in [-0.39, 0.29) is 12.5 Å². The standard InChI is InChI=1S/C19H18Cl3NO2/c20-16-3-2-14(19(25)23-7-5-12(11-23)6-8-24)9-15(16)13-1-4-17(21)18(22)10-13/h1-4,9-10,12,24H,5-8,11H2. The number of nitrogens with zero attached hydrogens (tertiary/aromatic N) is 1. The van der Waals surface area contributed by atoms with E-state index in [0.29, 0.717) is 39.6 Å². The third kappa shape index (κ3) is 4.12. The van der Waals surface area contributed by atoms with Crippen molar-refractivity contribution in [3.05, 3.63) is 57.0 Å². The fourth-order valence-corrected chi connectivity index (χ4v) is 3.69. The van der Waals surface area contributed by atoms with E-state index in [4.69, 9.17) is 39.9 Å². The maximum absolute atomic E-state index is 12.8. The van der Waals surface area contributed by atoms with Crippen LogP contribution in [0.4, 0.5) is 0 Å². The molecule has 3 nitrogen and oxygen atoms in total. The van der Waals surface area contributed by atoms with Gasteiger partial charge >= 0.3 is 0 Å². The number of rotatable bonds is 4. The first-order valence-corrected chi connectivity index (χ1v) is 9.28. The number of carbonyl (C=O) groups excluding carboxylic acids is 1. The van der Waals surface area contributed by atoms with E-state index in [1.54, 1.807) is 30.3 Å². The van der Waals surface area contributed by atoms with Crippen LogP contribution >= 0.6 is 34.8 Å². The Bertz CT molecular complexity index is 794. The molecule has 2 aromatic carbocycles. The molecule has 2 aromatic rings. The van der Waals surface area contributed by atoms with Crippen LogP contribution in [0.1, 0.15) is 23.2 Å². The van der Waals surface area contributed by atoms with Gasteiger partial charge in [0, 0.05) is 35.8 Å². The molecule has 25 heavy (non-hydrogen) atoms. The molecule has 0 spiro atoms. The monoisotopic (exact) mass is 397 g/mol. The SMILES string of the molecule is O=C(c1ccc(Cl)c(-c2ccc(Cl)c(Cl)c2)c1)N1CCC(CCO)C1. The van der Waals surface area contributed by atoms with Crippen LogP contribution in [0.15, 0.2) is 36.4 Å². The number of amides is 1. The number of hydrogen-bond donors (Lipinski definition) is 1. The van der Waals surface area contributed by atoms with E-state index in [1.807, 2.05) is 11.0 Å². The molecule has 6 heteroatoms. The van der Waals surface area contributed by atoms with E-state index in [1.165, 1.54) is 0 Å². The van der Waals surface area contributed by atoms with Crippen LogP contribution in [0.5, 0.6) is 0 Å². The lowest BCUT2D eigenvalue weighted by atomic mass is 10.0. The largest absolute Gasteiger partial charge is 0.396 e. The average Bonchev–Trinajstić information content (AvgIpc) is 3.06. The normalized spacial score (nSPS) is 17.1. The molecule has 0 saturated carbocycles. The highest BCUT2D eigenvalue weighted by molar-refractivity contribution is 6.42. The fourth-order valence-electron chi connectivity index (χ4n) is 3.16. The summed E-state index contributed by atoms with van der Waals surface area (Å²) < 4.78 is 0. The lowest BCUT2D eigenvalue weighted by Gasteiger charge is -2.17. The molecular formula is C19H18Cl3NO2. The molecule has 1 aliphatic heterocycles. The van der Waals surface area contributed by atoms with Gasteiger partial charge in [0.2, 0.25) is 0 Å². The summed E-state index contributed by atoms with van der Waals surface area (Å²) in [6.07, 6.45) is 1.67. The summed E-state index contributed by atoms with van der Waals surface area (Å²) in [7, 11) is 0. The quantitative estimate of drug-likeness (QED) is 0.773. The van der Waals surface area contributed by atoms with Crippen LogP contribution in [0.3, 0.4) is 0 Å². The predicted molar refractivity (Wildman–Crippen MR) is 103 cm³/mol. The molecule has 1 atom stereocenters. The Labute approximate surface area is 162 Å². The third-order valence-corrected chi connectivity index (χ3v) is 5.62. The molecule has 0 bridgehead atoms. The Morgan fingerprint density at radius 1 is 1.08 bits per heavy atom. The smallest absolute Gasteiger partial charge is 0.253 e. The van der Waals surface area contributed by atoms with Gasteiger partial charge in [0.15, 0.2) is 0 Å². The highest BCUT2D eigenvalue weighted by atomic mass is 35.5. The van der Waals surface area contributed by atoms with Crippen LogP contribution in [-0.2, 0) is 0 Å². The molecule has 0 radical (unpaired) electrons. The predicted octanol–water partition coefficient (Wildman–Crippen LogP) is 5.16. The summed E-state index contributed by atoms with van der Waals surface area (Å²) in [5.74, 6) is 0.356. The zero-order valence-corrected chi connectivity index (χ0v) is 15.8. The second-order valence-electron chi connectivity index (χ2n) is 6.24. The Balaban J connectivity index is 1.86. The van der Waals surface area contributed by atoms with Gasteiger partial charge < -0.3 is 10.0 Å². The third-order valence-electron chi connectivity index (χ3n) is 4.55. The van der Waals surface area contributed by atoms with Crippen molar-refractivity contribution in [3.8, 4) is 11.1 Å². The number of benzene rings is 2. The molecule has 1 fully saturated rings. The van der Waals surface area contributed by atoms with Crippen LogP contribution in [-0.4, -0.2) is 35.6 Å². The van der Waals surface area contributed by atoms with Crippen molar-refractivity contribution in [2.75, 3.05) is 19.7 Å². The zero-order chi connectivity index (χ0) is 18.0. The Hall–Kier alpha value is -1.26. The molecule has 3 rings (SSSR count). The van der Waals surface area contributed by atoms with E-state index in [9.17, 15) is 4.79 Å². The molecular weight excluding hydrogens is 381 g/mol. The number of likely N-dealkylation sites (tertiary alicyclic amines) is 1. The van der Waals surface area contributed by atoms with Gasteiger partial charge in [0.25, 0.3) is 5.91 Å². The molecule has 0 aromatic heterocycles. The second-order valence-corrected chi connectivity index (χ2v) is 7.46. The molecule has 0 aliphatic carbocycles. The lowest BCUT2D eigenvalue weighted by Crippen LogP contribution is -2.28. The number of hydrogen-bond acceptors (Lipinski definition) is 2. The first kappa shape index (κ1) is 18.5. The first-order chi connectivity index (χ1) is 12.0. The van der Waals surface area contributed by atoms with E-state index in [0.717, 1.165) is 24.0 Å². The lowest BCUT2D eigenvalue weighted by molar-refractivity contribution is 0.0785. The van der Waals surface area contributed by atoms with Gasteiger partial charge in [-0.15, -0.1) is 0 Å². The molecule has 1 unspecified atom stereocenters. The maximum atomic E-state index is 12.8. The highest BCUT2D eigenvalue weighted by Gasteiger charge is 2.26. The molecule has 132 valence electrons. The molecule has 1 amide bonds. The van der Waals surface area contributed by atoms with Crippen molar-refractivity contribution in [1.29, 1.82) is 0 Å². The summed E-state index contributed by atoms with van der Waals surface area (Å²) in [5.41, 5.74) is 2.15. The van der Waals surface area contributed by atoms with E-state index < -0.39 is 0 Å². The topological polar surface area (TPSA) is 40.5 Å². The van der Waals surface area contributed by atoms with Gasteiger partial charge in [0.05, 0.1) is 10.0 Å². The fraction of sp³-hybridized carbons (Fsp3) is 0.316. The Morgan fingerprint density at radius 2 is 1.84 bits per heavy atom. The van der Waals surface area contributed by atoms with Gasteiger partial charge in [-0.3, -0.25) is 4.79 Å². The minimum atomic E-state index is -0.0154. The van der Waals surface area contributed by atoms with Crippen molar-refractivity contribution in [2.45, 2.75) is 12.8 Å². The summed E-state index contributed by atoms with van der Waals surface area (Å²) in [6.45, 7) is 1.56. The van der Waals surface area contributed by atoms with Gasteiger partial charge in [-0.2, -0.15) is 0 Å². The molecule has 1 N–H and O–H groups in total. The zero-order valence-electron chi connectivity index (χ0n) is 13.5. The van der Waals surface area contributed by atoms with Gasteiger partial charge in [-0.1, -0.05) is 40.9 Å². The minimum absolute atomic E-state index is 0.0154. The second kappa shape index (κ2) is 7.96. The summed E-state index contributed by atoms with van der Waals surface area (Å²) in [5, 5.41) is 10.5. The van der Waals surface area contributed by atoms with Crippen molar-refractivity contribution < 1.29 is 9.90 Å². The number of carbonyl (C=O) groups is 1. The van der Waals surface area contributed by atoms with E-state index >= 15 is 0 Å². The molecule has 1 heterocycles. The van der Waals surface area contributed by atoms with Crippen molar-refractivity contribution >= 4 is 40.7 Å². The Morgan fingerprint density at radius 3 is 2.56 bits per heavy atom. The van der Waals surface area contributed by atoms with E-state index in [2.05, 4.69) is 0 Å². The number of aliphatic hydroxyl groups is 1. The number of aliphatic hydroxyl groups excluding tert-OH is 1. The molecule has 1 saturated heterocycles. The first-order valence-electron chi connectivity index (χ1n) is 8.14. The minimum Gasteiger partial charge on any atom is -0.396 e. The van der Waals surface area contributed by atoms with Crippen LogP contribution < -0.4 is 0 Å². The molecule has 1 aliphatic rings.